The zero-order chi connectivity index (χ0) is 16.4. The molecule has 4 nitrogen and oxygen atoms in total. The third-order valence-corrected chi connectivity index (χ3v) is 3.77. The van der Waals surface area contributed by atoms with Crippen molar-refractivity contribution < 1.29 is 5.11 Å². The fourth-order valence-corrected chi connectivity index (χ4v) is 2.66. The van der Waals surface area contributed by atoms with E-state index in [1.165, 1.54) is 0 Å². The van der Waals surface area contributed by atoms with Crippen LogP contribution in [0.3, 0.4) is 0 Å². The van der Waals surface area contributed by atoms with Crippen LogP contribution in [0.2, 0.25) is 0 Å². The molecule has 4 rings (SSSR count). The van der Waals surface area contributed by atoms with Crippen LogP contribution in [0.1, 0.15) is 11.4 Å². The van der Waals surface area contributed by atoms with Gasteiger partial charge in [0.2, 0.25) is 0 Å². The van der Waals surface area contributed by atoms with Crippen LogP contribution in [0.4, 0.5) is 0 Å². The summed E-state index contributed by atoms with van der Waals surface area (Å²) in [6, 6.07) is 21.0. The van der Waals surface area contributed by atoms with E-state index in [1.807, 2.05) is 71.3 Å². The first-order valence-corrected chi connectivity index (χ1v) is 7.67. The number of hydrogen-bond acceptors (Lipinski definition) is 3. The number of pyridine rings is 1. The monoisotopic (exact) mass is 313 g/mol. The molecule has 116 valence electrons. The van der Waals surface area contributed by atoms with Crippen molar-refractivity contribution in [1.29, 1.82) is 0 Å². The molecule has 4 aromatic rings. The Morgan fingerprint density at radius 1 is 0.875 bits per heavy atom. The molecule has 0 saturated carbocycles. The molecule has 2 heterocycles. The first-order chi connectivity index (χ1) is 11.8. The number of hydrogen-bond donors (Lipinski definition) is 1. The minimum Gasteiger partial charge on any atom is -0.508 e. The van der Waals surface area contributed by atoms with Crippen molar-refractivity contribution >= 4 is 23.2 Å². The standard InChI is InChI=1S/C20H15N3O/c24-16-10-11-18-17(14-16)22-20(12-9-15-6-2-1-3-7-15)23(18)19-8-4-5-13-21-19/h1-14,24H/b12-9+. The smallest absolute Gasteiger partial charge is 0.139 e. The number of phenols is 1. The Morgan fingerprint density at radius 3 is 2.50 bits per heavy atom. The van der Waals surface area contributed by atoms with E-state index < -0.39 is 0 Å². The predicted octanol–water partition coefficient (Wildman–Crippen LogP) is 4.30. The second-order valence-corrected chi connectivity index (χ2v) is 5.41. The summed E-state index contributed by atoms with van der Waals surface area (Å²) in [6.45, 7) is 0. The molecule has 0 atom stereocenters. The number of nitrogens with zero attached hydrogens (tertiary/aromatic N) is 3. The normalized spacial score (nSPS) is 11.3. The van der Waals surface area contributed by atoms with Gasteiger partial charge in [0.25, 0.3) is 0 Å². The minimum atomic E-state index is 0.201. The predicted molar refractivity (Wildman–Crippen MR) is 95.9 cm³/mol. The molecule has 2 aromatic carbocycles. The van der Waals surface area contributed by atoms with Gasteiger partial charge in [0, 0.05) is 12.3 Å². The van der Waals surface area contributed by atoms with Crippen LogP contribution in [0.25, 0.3) is 29.0 Å². The number of imidazole rings is 1. The number of benzene rings is 2. The van der Waals surface area contributed by atoms with E-state index in [0.29, 0.717) is 0 Å². The Kier molecular flexibility index (Phi) is 3.56. The Balaban J connectivity index is 1.89. The van der Waals surface area contributed by atoms with E-state index in [9.17, 15) is 5.11 Å². The van der Waals surface area contributed by atoms with Crippen molar-refractivity contribution in [2.75, 3.05) is 0 Å². The summed E-state index contributed by atoms with van der Waals surface area (Å²) >= 11 is 0. The van der Waals surface area contributed by atoms with E-state index in [0.717, 1.165) is 28.2 Å². The van der Waals surface area contributed by atoms with Crippen LogP contribution in [0.5, 0.6) is 5.75 Å². The molecule has 0 aliphatic carbocycles. The van der Waals surface area contributed by atoms with Crippen LogP contribution < -0.4 is 0 Å². The van der Waals surface area contributed by atoms with Gasteiger partial charge < -0.3 is 5.11 Å². The zero-order valence-electron chi connectivity index (χ0n) is 12.9. The van der Waals surface area contributed by atoms with Crippen molar-refractivity contribution in [3.8, 4) is 11.6 Å². The van der Waals surface area contributed by atoms with Gasteiger partial charge in [0.1, 0.15) is 17.4 Å². The Bertz CT molecular complexity index is 1010. The van der Waals surface area contributed by atoms with Crippen LogP contribution >= 0.6 is 0 Å². The lowest BCUT2D eigenvalue weighted by molar-refractivity contribution is 0.476. The van der Waals surface area contributed by atoms with E-state index in [4.69, 9.17) is 0 Å². The van der Waals surface area contributed by atoms with Gasteiger partial charge in [-0.3, -0.25) is 4.57 Å². The molecule has 0 aliphatic rings. The number of phenolic OH excluding ortho intramolecular Hbond substituents is 1. The third kappa shape index (κ3) is 2.65. The first kappa shape index (κ1) is 14.2. The van der Waals surface area contributed by atoms with Gasteiger partial charge in [-0.2, -0.15) is 0 Å². The second kappa shape index (κ2) is 6.01. The number of aromatic nitrogens is 3. The SMILES string of the molecule is Oc1ccc2c(c1)nc(/C=C/c1ccccc1)n2-c1ccccn1. The molecule has 0 fully saturated rings. The maximum atomic E-state index is 9.73. The fourth-order valence-electron chi connectivity index (χ4n) is 2.66. The quantitative estimate of drug-likeness (QED) is 0.613. The summed E-state index contributed by atoms with van der Waals surface area (Å²) in [7, 11) is 0. The maximum absolute atomic E-state index is 9.73. The summed E-state index contributed by atoms with van der Waals surface area (Å²) in [4.78, 5) is 9.08. The zero-order valence-corrected chi connectivity index (χ0v) is 12.9. The fraction of sp³-hybridized carbons (Fsp3) is 0. The molecule has 4 heteroatoms. The Labute approximate surface area is 139 Å². The van der Waals surface area contributed by atoms with Gasteiger partial charge in [-0.25, -0.2) is 9.97 Å². The molecule has 2 aromatic heterocycles. The molecule has 0 radical (unpaired) electrons. The molecular weight excluding hydrogens is 298 g/mol. The van der Waals surface area contributed by atoms with Gasteiger partial charge in [-0.1, -0.05) is 42.5 Å². The summed E-state index contributed by atoms with van der Waals surface area (Å²) in [5, 5.41) is 9.73. The largest absolute Gasteiger partial charge is 0.508 e. The number of rotatable bonds is 3. The molecule has 1 N–H and O–H groups in total. The molecule has 0 bridgehead atoms. The van der Waals surface area contributed by atoms with Crippen molar-refractivity contribution in [3.63, 3.8) is 0 Å². The minimum absolute atomic E-state index is 0.201. The molecule has 0 spiro atoms. The average Bonchev–Trinajstić information content (AvgIpc) is 2.99. The van der Waals surface area contributed by atoms with E-state index in [-0.39, 0.29) is 5.75 Å². The highest BCUT2D eigenvalue weighted by Gasteiger charge is 2.11. The van der Waals surface area contributed by atoms with Gasteiger partial charge >= 0.3 is 0 Å². The van der Waals surface area contributed by atoms with Gasteiger partial charge in [-0.05, 0) is 35.9 Å². The van der Waals surface area contributed by atoms with E-state index in [1.54, 1.807) is 18.3 Å². The average molecular weight is 313 g/mol. The molecule has 0 amide bonds. The lowest BCUT2D eigenvalue weighted by Crippen LogP contribution is -1.99. The molecule has 0 unspecified atom stereocenters. The van der Waals surface area contributed by atoms with Crippen molar-refractivity contribution in [1.82, 2.24) is 14.5 Å². The van der Waals surface area contributed by atoms with Crippen molar-refractivity contribution in [3.05, 3.63) is 84.3 Å². The maximum Gasteiger partial charge on any atom is 0.139 e. The second-order valence-electron chi connectivity index (χ2n) is 5.41. The van der Waals surface area contributed by atoms with Crippen LogP contribution in [-0.4, -0.2) is 19.6 Å². The summed E-state index contributed by atoms with van der Waals surface area (Å²) < 4.78 is 1.98. The van der Waals surface area contributed by atoms with Crippen molar-refractivity contribution in [2.45, 2.75) is 0 Å². The van der Waals surface area contributed by atoms with E-state index >= 15 is 0 Å². The highest BCUT2D eigenvalue weighted by Crippen LogP contribution is 2.25. The topological polar surface area (TPSA) is 50.9 Å². The highest BCUT2D eigenvalue weighted by molar-refractivity contribution is 5.83. The number of aromatic hydroxyl groups is 1. The molecule has 0 saturated heterocycles. The van der Waals surface area contributed by atoms with Crippen molar-refractivity contribution in [2.24, 2.45) is 0 Å². The van der Waals surface area contributed by atoms with Gasteiger partial charge in [0.05, 0.1) is 11.0 Å². The molecule has 24 heavy (non-hydrogen) atoms. The summed E-state index contributed by atoms with van der Waals surface area (Å²) in [5.74, 6) is 1.75. The van der Waals surface area contributed by atoms with Gasteiger partial charge in [0.15, 0.2) is 0 Å². The lowest BCUT2D eigenvalue weighted by atomic mass is 10.2. The Hall–Kier alpha value is -3.40. The molecular formula is C20H15N3O. The van der Waals surface area contributed by atoms with Crippen LogP contribution in [0, 0.1) is 0 Å². The first-order valence-electron chi connectivity index (χ1n) is 7.67. The number of fused-ring (bicyclic) bond motifs is 1. The van der Waals surface area contributed by atoms with Crippen LogP contribution in [-0.2, 0) is 0 Å². The van der Waals surface area contributed by atoms with E-state index in [2.05, 4.69) is 9.97 Å². The summed E-state index contributed by atoms with van der Waals surface area (Å²) in [6.07, 6.45) is 5.73. The Morgan fingerprint density at radius 2 is 1.71 bits per heavy atom. The summed E-state index contributed by atoms with van der Waals surface area (Å²) in [5.41, 5.74) is 2.73. The highest BCUT2D eigenvalue weighted by atomic mass is 16.3. The van der Waals surface area contributed by atoms with Crippen LogP contribution in [0.15, 0.2) is 72.9 Å². The lowest BCUT2D eigenvalue weighted by Gasteiger charge is -2.05. The third-order valence-electron chi connectivity index (χ3n) is 3.77. The molecule has 0 aliphatic heterocycles. The van der Waals surface area contributed by atoms with Gasteiger partial charge in [-0.15, -0.1) is 0 Å².